The molecule has 0 spiro atoms. The number of hydrogen-bond acceptors (Lipinski definition) is 2. The Balaban J connectivity index is 1.97. The minimum atomic E-state index is -0.584. The third-order valence-corrected chi connectivity index (χ3v) is 2.93. The van der Waals surface area contributed by atoms with Crippen LogP contribution in [0.25, 0.3) is 0 Å². The first kappa shape index (κ1) is 15.4. The van der Waals surface area contributed by atoms with Crippen LogP contribution in [-0.2, 0) is 6.54 Å². The van der Waals surface area contributed by atoms with Crippen LogP contribution >= 0.6 is 0 Å². The molecule has 1 N–H and O–H groups in total. The standard InChI is InChI=1S/C17H19F2NO/c1-12(2)10-20-11-13-3-6-15(7-4-13)21-17-9-14(18)5-8-16(17)19/h3-9,12,20H,10-11H2,1-2H3. The number of benzene rings is 2. The van der Waals surface area contributed by atoms with Crippen LogP contribution in [0, 0.1) is 17.6 Å². The Morgan fingerprint density at radius 3 is 2.43 bits per heavy atom. The third-order valence-electron chi connectivity index (χ3n) is 2.93. The summed E-state index contributed by atoms with van der Waals surface area (Å²) in [5.41, 5.74) is 1.11. The zero-order valence-corrected chi connectivity index (χ0v) is 12.2. The molecule has 2 aromatic carbocycles. The zero-order valence-electron chi connectivity index (χ0n) is 12.2. The second kappa shape index (κ2) is 7.18. The maximum atomic E-state index is 13.5. The van der Waals surface area contributed by atoms with Gasteiger partial charge in [-0.2, -0.15) is 0 Å². The molecule has 0 radical (unpaired) electrons. The molecule has 0 aliphatic rings. The monoisotopic (exact) mass is 291 g/mol. The maximum Gasteiger partial charge on any atom is 0.165 e. The topological polar surface area (TPSA) is 21.3 Å². The van der Waals surface area contributed by atoms with Gasteiger partial charge in [-0.3, -0.25) is 0 Å². The quantitative estimate of drug-likeness (QED) is 0.846. The number of ether oxygens (including phenoxy) is 1. The molecule has 0 aliphatic carbocycles. The zero-order chi connectivity index (χ0) is 15.2. The molecule has 0 aliphatic heterocycles. The van der Waals surface area contributed by atoms with Crippen LogP contribution in [0.2, 0.25) is 0 Å². The molecule has 2 nitrogen and oxygen atoms in total. The fourth-order valence-corrected chi connectivity index (χ4v) is 1.86. The van der Waals surface area contributed by atoms with Gasteiger partial charge in [-0.1, -0.05) is 26.0 Å². The molecule has 0 amide bonds. The lowest BCUT2D eigenvalue weighted by molar-refractivity contribution is 0.436. The molecule has 0 heterocycles. The molecular weight excluding hydrogens is 272 g/mol. The Morgan fingerprint density at radius 1 is 1.05 bits per heavy atom. The van der Waals surface area contributed by atoms with E-state index in [9.17, 15) is 8.78 Å². The van der Waals surface area contributed by atoms with Gasteiger partial charge < -0.3 is 10.1 Å². The van der Waals surface area contributed by atoms with Crippen LogP contribution in [0.5, 0.6) is 11.5 Å². The predicted molar refractivity (Wildman–Crippen MR) is 79.4 cm³/mol. The SMILES string of the molecule is CC(C)CNCc1ccc(Oc2cc(F)ccc2F)cc1. The predicted octanol–water partition coefficient (Wildman–Crippen LogP) is 4.50. The lowest BCUT2D eigenvalue weighted by atomic mass is 10.2. The van der Waals surface area contributed by atoms with Crippen molar-refractivity contribution in [3.63, 3.8) is 0 Å². The summed E-state index contributed by atoms with van der Waals surface area (Å²) in [4.78, 5) is 0. The van der Waals surface area contributed by atoms with Crippen LogP contribution < -0.4 is 10.1 Å². The summed E-state index contributed by atoms with van der Waals surface area (Å²) in [6.07, 6.45) is 0. The van der Waals surface area contributed by atoms with Crippen LogP contribution in [0.15, 0.2) is 42.5 Å². The van der Waals surface area contributed by atoms with Gasteiger partial charge in [0.05, 0.1) is 0 Å². The van der Waals surface area contributed by atoms with Crippen LogP contribution in [0.4, 0.5) is 8.78 Å². The summed E-state index contributed by atoms with van der Waals surface area (Å²) >= 11 is 0. The van der Waals surface area contributed by atoms with Gasteiger partial charge in [0.25, 0.3) is 0 Å². The lowest BCUT2D eigenvalue weighted by Crippen LogP contribution is -2.18. The summed E-state index contributed by atoms with van der Waals surface area (Å²) in [6, 6.07) is 10.4. The number of nitrogens with one attached hydrogen (secondary N) is 1. The Labute approximate surface area is 123 Å². The summed E-state index contributed by atoms with van der Waals surface area (Å²) in [5, 5.41) is 3.34. The lowest BCUT2D eigenvalue weighted by Gasteiger charge is -2.09. The van der Waals surface area contributed by atoms with Crippen molar-refractivity contribution in [1.29, 1.82) is 0 Å². The smallest absolute Gasteiger partial charge is 0.165 e. The summed E-state index contributed by atoms with van der Waals surface area (Å²) in [7, 11) is 0. The number of hydrogen-bond donors (Lipinski definition) is 1. The molecule has 0 aromatic heterocycles. The highest BCUT2D eigenvalue weighted by Gasteiger charge is 2.06. The van der Waals surface area contributed by atoms with E-state index >= 15 is 0 Å². The van der Waals surface area contributed by atoms with Crippen LogP contribution in [0.3, 0.4) is 0 Å². The van der Waals surface area contributed by atoms with E-state index in [2.05, 4.69) is 19.2 Å². The van der Waals surface area contributed by atoms with Gasteiger partial charge in [-0.25, -0.2) is 8.78 Å². The van der Waals surface area contributed by atoms with Crippen LogP contribution in [0.1, 0.15) is 19.4 Å². The van der Waals surface area contributed by atoms with Crippen molar-refractivity contribution in [1.82, 2.24) is 5.32 Å². The van der Waals surface area contributed by atoms with Gasteiger partial charge in [-0.15, -0.1) is 0 Å². The largest absolute Gasteiger partial charge is 0.454 e. The average molecular weight is 291 g/mol. The van der Waals surface area contributed by atoms with Gasteiger partial charge in [0.1, 0.15) is 11.6 Å². The fraction of sp³-hybridized carbons (Fsp3) is 0.294. The maximum absolute atomic E-state index is 13.5. The van der Waals surface area contributed by atoms with Gasteiger partial charge in [0, 0.05) is 12.6 Å². The molecule has 0 atom stereocenters. The molecule has 0 fully saturated rings. The van der Waals surface area contributed by atoms with E-state index < -0.39 is 11.6 Å². The minimum absolute atomic E-state index is 0.110. The Bertz CT molecular complexity index is 582. The molecule has 112 valence electrons. The normalized spacial score (nSPS) is 10.9. The first-order valence-electron chi connectivity index (χ1n) is 6.97. The second-order valence-corrected chi connectivity index (χ2v) is 5.35. The van der Waals surface area contributed by atoms with E-state index in [1.807, 2.05) is 12.1 Å². The highest BCUT2D eigenvalue weighted by molar-refractivity contribution is 5.34. The first-order valence-corrected chi connectivity index (χ1v) is 6.97. The molecule has 2 aromatic rings. The van der Waals surface area contributed by atoms with Crippen LogP contribution in [-0.4, -0.2) is 6.54 Å². The van der Waals surface area contributed by atoms with Crippen molar-refractivity contribution >= 4 is 0 Å². The van der Waals surface area contributed by atoms with Gasteiger partial charge >= 0.3 is 0 Å². The number of rotatable bonds is 6. The molecule has 0 unspecified atom stereocenters. The Hall–Kier alpha value is -1.94. The van der Waals surface area contributed by atoms with E-state index in [0.717, 1.165) is 36.9 Å². The van der Waals surface area contributed by atoms with E-state index in [0.29, 0.717) is 11.7 Å². The van der Waals surface area contributed by atoms with Crippen molar-refractivity contribution in [3.05, 3.63) is 59.7 Å². The van der Waals surface area contributed by atoms with Gasteiger partial charge in [0.15, 0.2) is 11.6 Å². The molecule has 2 rings (SSSR count). The van der Waals surface area contributed by atoms with Crippen molar-refractivity contribution in [3.8, 4) is 11.5 Å². The van der Waals surface area contributed by atoms with Crippen molar-refractivity contribution in [2.45, 2.75) is 20.4 Å². The second-order valence-electron chi connectivity index (χ2n) is 5.35. The van der Waals surface area contributed by atoms with E-state index in [-0.39, 0.29) is 5.75 Å². The van der Waals surface area contributed by atoms with Gasteiger partial charge in [0.2, 0.25) is 0 Å². The van der Waals surface area contributed by atoms with E-state index in [1.165, 1.54) is 0 Å². The van der Waals surface area contributed by atoms with E-state index in [4.69, 9.17) is 4.74 Å². The number of halogens is 2. The minimum Gasteiger partial charge on any atom is -0.454 e. The average Bonchev–Trinajstić information content (AvgIpc) is 2.44. The fourth-order valence-electron chi connectivity index (χ4n) is 1.86. The molecule has 21 heavy (non-hydrogen) atoms. The Morgan fingerprint density at radius 2 is 1.76 bits per heavy atom. The van der Waals surface area contributed by atoms with Gasteiger partial charge in [-0.05, 0) is 42.3 Å². The van der Waals surface area contributed by atoms with Crippen molar-refractivity contribution in [2.24, 2.45) is 5.92 Å². The highest BCUT2D eigenvalue weighted by Crippen LogP contribution is 2.25. The van der Waals surface area contributed by atoms with Crippen molar-refractivity contribution < 1.29 is 13.5 Å². The summed E-state index contributed by atoms with van der Waals surface area (Å²) in [5.74, 6) is -0.142. The molecule has 0 bridgehead atoms. The highest BCUT2D eigenvalue weighted by atomic mass is 19.1. The summed E-state index contributed by atoms with van der Waals surface area (Å²) < 4.78 is 31.9. The van der Waals surface area contributed by atoms with Crippen molar-refractivity contribution in [2.75, 3.05) is 6.54 Å². The molecule has 0 saturated carbocycles. The summed E-state index contributed by atoms with van der Waals surface area (Å²) in [6.45, 7) is 6.02. The first-order chi connectivity index (χ1) is 10.0. The van der Waals surface area contributed by atoms with E-state index in [1.54, 1.807) is 12.1 Å². The molecule has 0 saturated heterocycles. The molecular formula is C17H19F2NO. The molecule has 4 heteroatoms. The third kappa shape index (κ3) is 4.83. The Kier molecular flexibility index (Phi) is 5.28.